The van der Waals surface area contributed by atoms with E-state index in [0.717, 1.165) is 49.7 Å². The summed E-state index contributed by atoms with van der Waals surface area (Å²) in [5.74, 6) is 2.93. The van der Waals surface area contributed by atoms with Crippen LogP contribution in [0.2, 0.25) is 0 Å². The van der Waals surface area contributed by atoms with E-state index in [2.05, 4.69) is 10.1 Å². The SMILES string of the molecule is O=C(CCC1CCCC1)N1C[C@H]2CCC[C@@]2(c2nc(-c3ccccc3)no2)C1. The fourth-order valence-corrected chi connectivity index (χ4v) is 5.74. The van der Waals surface area contributed by atoms with E-state index in [0.29, 0.717) is 24.1 Å². The summed E-state index contributed by atoms with van der Waals surface area (Å²) < 4.78 is 5.78. The lowest BCUT2D eigenvalue weighted by atomic mass is 9.80. The van der Waals surface area contributed by atoms with Crippen LogP contribution in [0.25, 0.3) is 11.4 Å². The molecule has 0 spiro atoms. The molecular weight excluding hydrogens is 350 g/mol. The van der Waals surface area contributed by atoms with Gasteiger partial charge in [0.2, 0.25) is 17.6 Å². The summed E-state index contributed by atoms with van der Waals surface area (Å²) in [7, 11) is 0. The summed E-state index contributed by atoms with van der Waals surface area (Å²) in [5, 5.41) is 4.26. The molecule has 2 atom stereocenters. The molecule has 2 aromatic rings. The number of likely N-dealkylation sites (tertiary alicyclic amines) is 1. The average Bonchev–Trinajstić information content (AvgIpc) is 3.50. The summed E-state index contributed by atoms with van der Waals surface area (Å²) in [4.78, 5) is 19.8. The Bertz CT molecular complexity index is 827. The number of carbonyl (C=O) groups is 1. The lowest BCUT2D eigenvalue weighted by molar-refractivity contribution is -0.130. The van der Waals surface area contributed by atoms with E-state index in [9.17, 15) is 4.79 Å². The first-order valence-corrected chi connectivity index (χ1v) is 10.9. The van der Waals surface area contributed by atoms with Gasteiger partial charge in [0.1, 0.15) is 0 Å². The number of rotatable bonds is 5. The number of amides is 1. The van der Waals surface area contributed by atoms with Gasteiger partial charge in [-0.3, -0.25) is 4.79 Å². The lowest BCUT2D eigenvalue weighted by Gasteiger charge is -2.24. The van der Waals surface area contributed by atoms with E-state index < -0.39 is 0 Å². The van der Waals surface area contributed by atoms with E-state index in [-0.39, 0.29) is 5.41 Å². The van der Waals surface area contributed by atoms with E-state index in [1.165, 1.54) is 32.1 Å². The number of nitrogens with zero attached hydrogens (tertiary/aromatic N) is 3. The second-order valence-corrected chi connectivity index (χ2v) is 9.00. The third-order valence-corrected chi connectivity index (χ3v) is 7.35. The van der Waals surface area contributed by atoms with Crippen molar-refractivity contribution >= 4 is 5.91 Å². The summed E-state index contributed by atoms with van der Waals surface area (Å²) in [6.07, 6.45) is 10.4. The largest absolute Gasteiger partial charge is 0.341 e. The van der Waals surface area contributed by atoms with Crippen LogP contribution in [0.4, 0.5) is 0 Å². The van der Waals surface area contributed by atoms with Gasteiger partial charge in [-0.15, -0.1) is 0 Å². The topological polar surface area (TPSA) is 59.2 Å². The molecule has 0 N–H and O–H groups in total. The third kappa shape index (κ3) is 3.15. The van der Waals surface area contributed by atoms with Gasteiger partial charge >= 0.3 is 0 Å². The van der Waals surface area contributed by atoms with Crippen molar-refractivity contribution < 1.29 is 9.32 Å². The van der Waals surface area contributed by atoms with Crippen molar-refractivity contribution in [2.24, 2.45) is 11.8 Å². The first kappa shape index (κ1) is 17.9. The van der Waals surface area contributed by atoms with Crippen LogP contribution in [0.5, 0.6) is 0 Å². The monoisotopic (exact) mass is 379 g/mol. The molecule has 0 bridgehead atoms. The van der Waals surface area contributed by atoms with Crippen LogP contribution < -0.4 is 0 Å². The van der Waals surface area contributed by atoms with E-state index >= 15 is 0 Å². The molecule has 1 amide bonds. The van der Waals surface area contributed by atoms with Gasteiger partial charge in [-0.2, -0.15) is 4.98 Å². The first-order chi connectivity index (χ1) is 13.7. The summed E-state index contributed by atoms with van der Waals surface area (Å²) >= 11 is 0. The summed E-state index contributed by atoms with van der Waals surface area (Å²) in [6, 6.07) is 9.98. The predicted octanol–water partition coefficient (Wildman–Crippen LogP) is 4.59. The van der Waals surface area contributed by atoms with Crippen LogP contribution in [0, 0.1) is 11.8 Å². The molecule has 2 saturated carbocycles. The molecule has 1 aromatic heterocycles. The Morgan fingerprint density at radius 2 is 1.96 bits per heavy atom. The Hall–Kier alpha value is -2.17. The lowest BCUT2D eigenvalue weighted by Crippen LogP contribution is -2.35. The molecular formula is C23H29N3O2. The molecule has 1 aromatic carbocycles. The number of hydrogen-bond acceptors (Lipinski definition) is 4. The highest BCUT2D eigenvalue weighted by Crippen LogP contribution is 2.50. The maximum Gasteiger partial charge on any atom is 0.235 e. The van der Waals surface area contributed by atoms with Gasteiger partial charge in [0, 0.05) is 25.1 Å². The quantitative estimate of drug-likeness (QED) is 0.762. The van der Waals surface area contributed by atoms with Gasteiger partial charge in [-0.1, -0.05) is 67.6 Å². The van der Waals surface area contributed by atoms with Crippen LogP contribution in [0.1, 0.15) is 63.7 Å². The second-order valence-electron chi connectivity index (χ2n) is 9.00. The second kappa shape index (κ2) is 7.34. The van der Waals surface area contributed by atoms with Crippen LogP contribution in [0.3, 0.4) is 0 Å². The number of carbonyl (C=O) groups excluding carboxylic acids is 1. The minimum absolute atomic E-state index is 0.136. The Labute approximate surface area is 166 Å². The average molecular weight is 380 g/mol. The zero-order valence-corrected chi connectivity index (χ0v) is 16.5. The highest BCUT2D eigenvalue weighted by molar-refractivity contribution is 5.77. The van der Waals surface area contributed by atoms with Gasteiger partial charge < -0.3 is 9.42 Å². The summed E-state index contributed by atoms with van der Waals surface area (Å²) in [5.41, 5.74) is 0.842. The molecule has 2 heterocycles. The molecule has 3 aliphatic rings. The molecule has 5 nitrogen and oxygen atoms in total. The highest BCUT2D eigenvalue weighted by atomic mass is 16.5. The molecule has 0 unspecified atom stereocenters. The van der Waals surface area contributed by atoms with Gasteiger partial charge in [-0.05, 0) is 31.1 Å². The molecule has 1 saturated heterocycles. The number of fused-ring (bicyclic) bond motifs is 1. The fourth-order valence-electron chi connectivity index (χ4n) is 5.74. The molecule has 3 fully saturated rings. The van der Waals surface area contributed by atoms with Crippen LogP contribution in [-0.2, 0) is 10.2 Å². The number of aromatic nitrogens is 2. The zero-order chi connectivity index (χ0) is 19.0. The summed E-state index contributed by atoms with van der Waals surface area (Å²) in [6.45, 7) is 1.60. The third-order valence-electron chi connectivity index (χ3n) is 7.35. The zero-order valence-electron chi connectivity index (χ0n) is 16.5. The first-order valence-electron chi connectivity index (χ1n) is 10.9. The van der Waals surface area contributed by atoms with E-state index in [4.69, 9.17) is 9.51 Å². The predicted molar refractivity (Wildman–Crippen MR) is 107 cm³/mol. The minimum atomic E-state index is -0.136. The maximum absolute atomic E-state index is 12.9. The van der Waals surface area contributed by atoms with Crippen LogP contribution in [-0.4, -0.2) is 34.0 Å². The molecule has 0 radical (unpaired) electrons. The van der Waals surface area contributed by atoms with Gasteiger partial charge in [0.05, 0.1) is 5.41 Å². The van der Waals surface area contributed by atoms with E-state index in [1.807, 2.05) is 30.3 Å². The maximum atomic E-state index is 12.9. The Morgan fingerprint density at radius 3 is 2.79 bits per heavy atom. The minimum Gasteiger partial charge on any atom is -0.341 e. The molecule has 148 valence electrons. The van der Waals surface area contributed by atoms with Crippen molar-refractivity contribution in [2.45, 2.75) is 63.2 Å². The highest BCUT2D eigenvalue weighted by Gasteiger charge is 2.55. The number of hydrogen-bond donors (Lipinski definition) is 0. The van der Waals surface area contributed by atoms with Crippen LogP contribution >= 0.6 is 0 Å². The van der Waals surface area contributed by atoms with Gasteiger partial charge in [-0.25, -0.2) is 0 Å². The van der Waals surface area contributed by atoms with E-state index in [1.54, 1.807) is 0 Å². The standard InChI is InChI=1S/C23H29N3O2/c27-20(13-12-17-7-4-5-8-17)26-15-19-11-6-14-23(19,16-26)22-24-21(25-28-22)18-9-2-1-3-10-18/h1-3,9-10,17,19H,4-8,11-16H2/t19-,23-/m1/s1. The van der Waals surface area contributed by atoms with Crippen molar-refractivity contribution in [3.8, 4) is 11.4 Å². The van der Waals surface area contributed by atoms with Crippen molar-refractivity contribution in [2.75, 3.05) is 13.1 Å². The van der Waals surface area contributed by atoms with Crippen molar-refractivity contribution in [1.82, 2.24) is 15.0 Å². The van der Waals surface area contributed by atoms with Crippen molar-refractivity contribution in [1.29, 1.82) is 0 Å². The Morgan fingerprint density at radius 1 is 1.14 bits per heavy atom. The normalized spacial score (nSPS) is 27.4. The fraction of sp³-hybridized carbons (Fsp3) is 0.609. The van der Waals surface area contributed by atoms with Gasteiger partial charge in [0.25, 0.3) is 0 Å². The molecule has 5 heteroatoms. The molecule has 5 rings (SSSR count). The Kier molecular flexibility index (Phi) is 4.69. The van der Waals surface area contributed by atoms with Crippen molar-refractivity contribution in [3.05, 3.63) is 36.2 Å². The van der Waals surface area contributed by atoms with Gasteiger partial charge in [0.15, 0.2) is 0 Å². The molecule has 1 aliphatic heterocycles. The van der Waals surface area contributed by atoms with Crippen LogP contribution in [0.15, 0.2) is 34.9 Å². The number of benzene rings is 1. The molecule has 2 aliphatic carbocycles. The molecule has 28 heavy (non-hydrogen) atoms. The van der Waals surface area contributed by atoms with Crippen molar-refractivity contribution in [3.63, 3.8) is 0 Å². The smallest absolute Gasteiger partial charge is 0.235 e. The Balaban J connectivity index is 1.31.